The quantitative estimate of drug-likeness (QED) is 0.789. The molecule has 1 N–H and O–H groups in total. The topological polar surface area (TPSA) is 46.5 Å². The first-order valence-electron chi connectivity index (χ1n) is 9.70. The Kier molecular flexibility index (Phi) is 4.43. The van der Waals surface area contributed by atoms with Gasteiger partial charge in [-0.15, -0.1) is 0 Å². The van der Waals surface area contributed by atoms with E-state index in [1.807, 2.05) is 18.2 Å². The van der Waals surface area contributed by atoms with E-state index in [2.05, 4.69) is 39.0 Å². The molecule has 0 saturated carbocycles. The van der Waals surface area contributed by atoms with Crippen LogP contribution in [0.25, 0.3) is 5.57 Å². The minimum atomic E-state index is -0.212. The third-order valence-corrected chi connectivity index (χ3v) is 5.92. The number of aliphatic hydroxyl groups excluding tert-OH is 1. The smallest absolute Gasteiger partial charge is 0.193 e. The van der Waals surface area contributed by atoms with Crippen molar-refractivity contribution >= 4 is 11.4 Å². The van der Waals surface area contributed by atoms with Crippen LogP contribution in [0.15, 0.2) is 42.0 Å². The molecule has 27 heavy (non-hydrogen) atoms. The monoisotopic (exact) mass is 362 g/mol. The number of hydrogen-bond acceptors (Lipinski definition) is 3. The van der Waals surface area contributed by atoms with Crippen LogP contribution in [0.3, 0.4) is 0 Å². The molecule has 140 valence electrons. The number of benzene rings is 2. The minimum absolute atomic E-state index is 0.135. The van der Waals surface area contributed by atoms with E-state index >= 15 is 0 Å². The predicted molar refractivity (Wildman–Crippen MR) is 107 cm³/mol. The summed E-state index contributed by atoms with van der Waals surface area (Å²) in [7, 11) is 0. The number of allylic oxidation sites excluding steroid dienone is 2. The average Bonchev–Trinajstić information content (AvgIpc) is 3.03. The lowest BCUT2D eigenvalue weighted by Crippen LogP contribution is -2.29. The highest BCUT2D eigenvalue weighted by atomic mass is 16.5. The summed E-state index contributed by atoms with van der Waals surface area (Å²) in [4.78, 5) is 13.3. The number of ketones is 1. The molecule has 4 rings (SSSR count). The summed E-state index contributed by atoms with van der Waals surface area (Å²) in [5.41, 5.74) is 7.30. The maximum absolute atomic E-state index is 13.3. The zero-order valence-electron chi connectivity index (χ0n) is 16.3. The van der Waals surface area contributed by atoms with Gasteiger partial charge in [0, 0.05) is 23.2 Å². The maximum atomic E-state index is 13.3. The molecular formula is C24H26O3. The Morgan fingerprint density at radius 3 is 2.67 bits per heavy atom. The molecule has 0 spiro atoms. The SMILES string of the molecule is Cc1ccc2c(c1)C1=C(C2)C(C)(C)c2cc(OCCCCO)ccc2C1=O. The van der Waals surface area contributed by atoms with Crippen LogP contribution in [-0.2, 0) is 11.8 Å². The van der Waals surface area contributed by atoms with E-state index in [0.717, 1.165) is 47.3 Å². The number of aliphatic hydroxyl groups is 1. The number of ether oxygens (including phenoxy) is 1. The first-order chi connectivity index (χ1) is 12.9. The molecule has 0 saturated heterocycles. The summed E-state index contributed by atoms with van der Waals surface area (Å²) >= 11 is 0. The van der Waals surface area contributed by atoms with Crippen LogP contribution in [0.2, 0.25) is 0 Å². The predicted octanol–water partition coefficient (Wildman–Crippen LogP) is 4.63. The van der Waals surface area contributed by atoms with Crippen LogP contribution in [0.1, 0.15) is 59.3 Å². The highest BCUT2D eigenvalue weighted by Gasteiger charge is 2.42. The van der Waals surface area contributed by atoms with Crippen LogP contribution in [0.4, 0.5) is 0 Å². The summed E-state index contributed by atoms with van der Waals surface area (Å²) in [6.45, 7) is 7.26. The Bertz CT molecular complexity index is 950. The number of rotatable bonds is 5. The molecule has 0 aromatic heterocycles. The second-order valence-electron chi connectivity index (χ2n) is 8.13. The number of fused-ring (bicyclic) bond motifs is 3. The van der Waals surface area contributed by atoms with E-state index in [0.29, 0.717) is 6.61 Å². The number of carbonyl (C=O) groups excluding carboxylic acids is 1. The number of Topliss-reactive ketones (excluding diaryl/α,β-unsaturated/α-hetero) is 1. The molecule has 0 bridgehead atoms. The molecule has 0 atom stereocenters. The fraction of sp³-hybridized carbons (Fsp3) is 0.375. The van der Waals surface area contributed by atoms with Crippen LogP contribution in [0.5, 0.6) is 5.75 Å². The lowest BCUT2D eigenvalue weighted by Gasteiger charge is -2.34. The summed E-state index contributed by atoms with van der Waals surface area (Å²) in [6, 6.07) is 12.3. The molecule has 3 heteroatoms. The van der Waals surface area contributed by atoms with Crippen molar-refractivity contribution in [1.29, 1.82) is 0 Å². The molecule has 0 unspecified atom stereocenters. The molecule has 0 amide bonds. The van der Waals surface area contributed by atoms with Crippen molar-refractivity contribution < 1.29 is 14.6 Å². The lowest BCUT2D eigenvalue weighted by molar-refractivity contribution is 0.105. The summed E-state index contributed by atoms with van der Waals surface area (Å²) in [6.07, 6.45) is 2.40. The van der Waals surface area contributed by atoms with Gasteiger partial charge >= 0.3 is 0 Å². The third kappa shape index (κ3) is 2.90. The summed E-state index contributed by atoms with van der Waals surface area (Å²) in [5.74, 6) is 0.929. The van der Waals surface area contributed by atoms with Crippen molar-refractivity contribution in [2.45, 2.75) is 45.4 Å². The van der Waals surface area contributed by atoms with Gasteiger partial charge in [0.25, 0.3) is 0 Å². The Balaban J connectivity index is 1.72. The van der Waals surface area contributed by atoms with Gasteiger partial charge in [0.1, 0.15) is 5.75 Å². The van der Waals surface area contributed by atoms with E-state index in [4.69, 9.17) is 9.84 Å². The molecule has 2 aromatic carbocycles. The van der Waals surface area contributed by atoms with Crippen molar-refractivity contribution in [3.05, 3.63) is 69.8 Å². The van der Waals surface area contributed by atoms with E-state index in [1.165, 1.54) is 16.7 Å². The second-order valence-corrected chi connectivity index (χ2v) is 8.13. The maximum Gasteiger partial charge on any atom is 0.193 e. The summed E-state index contributed by atoms with van der Waals surface area (Å²) < 4.78 is 5.85. The van der Waals surface area contributed by atoms with Gasteiger partial charge < -0.3 is 9.84 Å². The molecule has 0 heterocycles. The largest absolute Gasteiger partial charge is 0.494 e. The molecule has 2 aliphatic rings. The highest BCUT2D eigenvalue weighted by molar-refractivity contribution is 6.33. The van der Waals surface area contributed by atoms with Crippen LogP contribution in [-0.4, -0.2) is 24.1 Å². The Hall–Kier alpha value is -2.39. The van der Waals surface area contributed by atoms with Gasteiger partial charge in [-0.05, 0) is 66.6 Å². The van der Waals surface area contributed by atoms with Gasteiger partial charge in [0.05, 0.1) is 6.61 Å². The first kappa shape index (κ1) is 18.0. The summed E-state index contributed by atoms with van der Waals surface area (Å²) in [5, 5.41) is 8.90. The number of aryl methyl sites for hydroxylation is 1. The third-order valence-electron chi connectivity index (χ3n) is 5.92. The highest BCUT2D eigenvalue weighted by Crippen LogP contribution is 2.50. The zero-order chi connectivity index (χ0) is 19.2. The van der Waals surface area contributed by atoms with Gasteiger partial charge in [0.15, 0.2) is 5.78 Å². The average molecular weight is 362 g/mol. The van der Waals surface area contributed by atoms with Crippen molar-refractivity contribution in [3.8, 4) is 5.75 Å². The van der Waals surface area contributed by atoms with Gasteiger partial charge in [0.2, 0.25) is 0 Å². The molecule has 2 aliphatic carbocycles. The Morgan fingerprint density at radius 2 is 1.89 bits per heavy atom. The fourth-order valence-corrected chi connectivity index (χ4v) is 4.34. The van der Waals surface area contributed by atoms with E-state index in [-0.39, 0.29) is 17.8 Å². The number of unbranched alkanes of at least 4 members (excludes halogenated alkanes) is 1. The Morgan fingerprint density at radius 1 is 1.07 bits per heavy atom. The van der Waals surface area contributed by atoms with Gasteiger partial charge in [-0.3, -0.25) is 4.79 Å². The van der Waals surface area contributed by atoms with Crippen LogP contribution >= 0.6 is 0 Å². The van der Waals surface area contributed by atoms with Crippen molar-refractivity contribution in [2.24, 2.45) is 0 Å². The van der Waals surface area contributed by atoms with Gasteiger partial charge in [-0.1, -0.05) is 37.6 Å². The molecule has 0 radical (unpaired) electrons. The molecule has 0 fully saturated rings. The second kappa shape index (κ2) is 6.65. The minimum Gasteiger partial charge on any atom is -0.494 e. The van der Waals surface area contributed by atoms with E-state index in [9.17, 15) is 4.79 Å². The normalized spacial score (nSPS) is 16.8. The first-order valence-corrected chi connectivity index (χ1v) is 9.70. The molecule has 0 aliphatic heterocycles. The lowest BCUT2D eigenvalue weighted by atomic mass is 9.68. The molecule has 3 nitrogen and oxygen atoms in total. The molecule has 2 aromatic rings. The number of carbonyl (C=O) groups is 1. The van der Waals surface area contributed by atoms with E-state index < -0.39 is 0 Å². The zero-order valence-corrected chi connectivity index (χ0v) is 16.3. The van der Waals surface area contributed by atoms with Crippen LogP contribution < -0.4 is 4.74 Å². The molecular weight excluding hydrogens is 336 g/mol. The van der Waals surface area contributed by atoms with Crippen molar-refractivity contribution in [2.75, 3.05) is 13.2 Å². The van der Waals surface area contributed by atoms with Gasteiger partial charge in [-0.25, -0.2) is 0 Å². The standard InChI is InChI=1S/C24H26O3/c1-15-6-7-16-13-21-22(19(16)12-15)23(26)18-9-8-17(27-11-5-4-10-25)14-20(18)24(21,2)3/h6-9,12,14,25H,4-5,10-11,13H2,1-3H3. The van der Waals surface area contributed by atoms with E-state index in [1.54, 1.807) is 0 Å². The van der Waals surface area contributed by atoms with Gasteiger partial charge in [-0.2, -0.15) is 0 Å². The van der Waals surface area contributed by atoms with Crippen molar-refractivity contribution in [3.63, 3.8) is 0 Å². The van der Waals surface area contributed by atoms with Crippen LogP contribution in [0, 0.1) is 6.92 Å². The Labute approximate surface area is 160 Å². The fourth-order valence-electron chi connectivity index (χ4n) is 4.34. The van der Waals surface area contributed by atoms with Crippen molar-refractivity contribution in [1.82, 2.24) is 0 Å². The number of hydrogen-bond donors (Lipinski definition) is 1.